The summed E-state index contributed by atoms with van der Waals surface area (Å²) in [5, 5.41) is 0. The van der Waals surface area contributed by atoms with Crippen LogP contribution in [0.4, 0.5) is 5.69 Å². The summed E-state index contributed by atoms with van der Waals surface area (Å²) in [7, 11) is -3.50. The largest absolute Gasteiger partial charge is 0.368 e. The van der Waals surface area contributed by atoms with Crippen LogP contribution in [0.15, 0.2) is 24.3 Å². The molecule has 0 spiro atoms. The number of hydrogen-bond donors (Lipinski definition) is 1. The quantitative estimate of drug-likeness (QED) is 0.802. The van der Waals surface area contributed by atoms with Crippen molar-refractivity contribution in [3.8, 4) is 0 Å². The molecule has 7 heteroatoms. The highest BCUT2D eigenvalue weighted by Gasteiger charge is 2.19. The third-order valence-corrected chi connectivity index (χ3v) is 3.61. The van der Waals surface area contributed by atoms with Gasteiger partial charge in [-0.1, -0.05) is 6.07 Å². The predicted molar refractivity (Wildman–Crippen MR) is 70.5 cm³/mol. The first-order valence-corrected chi connectivity index (χ1v) is 7.25. The van der Waals surface area contributed by atoms with Crippen molar-refractivity contribution in [3.05, 3.63) is 27.8 Å². The van der Waals surface area contributed by atoms with E-state index in [1.165, 1.54) is 0 Å². The third-order valence-electron chi connectivity index (χ3n) is 1.80. The summed E-state index contributed by atoms with van der Waals surface area (Å²) in [5.41, 5.74) is 5.46. The molecule has 0 aliphatic carbocycles. The molecule has 0 atom stereocenters. The van der Waals surface area contributed by atoms with Crippen molar-refractivity contribution in [3.63, 3.8) is 0 Å². The number of carbonyl (C=O) groups excluding carboxylic acids is 1. The monoisotopic (exact) mass is 354 g/mol. The number of rotatable bonds is 4. The molecule has 0 heterocycles. The maximum absolute atomic E-state index is 11.5. The normalized spacial score (nSPS) is 11.1. The minimum atomic E-state index is -3.50. The van der Waals surface area contributed by atoms with Crippen molar-refractivity contribution in [1.29, 1.82) is 0 Å². The first-order valence-electron chi connectivity index (χ1n) is 4.32. The van der Waals surface area contributed by atoms with E-state index in [1.54, 1.807) is 18.2 Å². The Hall–Kier alpha value is -0.830. The van der Waals surface area contributed by atoms with Crippen LogP contribution < -0.4 is 10.0 Å². The summed E-state index contributed by atoms with van der Waals surface area (Å²) in [6, 6.07) is 6.84. The molecule has 5 nitrogen and oxygen atoms in total. The van der Waals surface area contributed by atoms with E-state index in [0.717, 1.165) is 14.1 Å². The van der Waals surface area contributed by atoms with Crippen LogP contribution in [0.3, 0.4) is 0 Å². The van der Waals surface area contributed by atoms with E-state index in [0.29, 0.717) is 5.69 Å². The number of sulfonamides is 1. The molecular weight excluding hydrogens is 343 g/mol. The number of anilines is 1. The standard InChI is InChI=1S/C9H11IN2O3S/c1-16(14,15)12(6-9(11)13)8-4-2-3-7(10)5-8/h2-5H,6H2,1H3,(H2,11,13). The number of primary amides is 1. The number of carbonyl (C=O) groups is 1. The van der Waals surface area contributed by atoms with Gasteiger partial charge in [0.1, 0.15) is 6.54 Å². The van der Waals surface area contributed by atoms with E-state index in [9.17, 15) is 13.2 Å². The molecule has 1 aromatic rings. The zero-order valence-electron chi connectivity index (χ0n) is 8.55. The van der Waals surface area contributed by atoms with Crippen LogP contribution in [-0.4, -0.2) is 27.1 Å². The Labute approximate surface area is 108 Å². The van der Waals surface area contributed by atoms with Gasteiger partial charge in [0.2, 0.25) is 15.9 Å². The fourth-order valence-electron chi connectivity index (χ4n) is 1.17. The van der Waals surface area contributed by atoms with Crippen LogP contribution in [0.1, 0.15) is 0 Å². The highest BCUT2D eigenvalue weighted by molar-refractivity contribution is 14.1. The topological polar surface area (TPSA) is 80.5 Å². The average Bonchev–Trinajstić information content (AvgIpc) is 2.12. The minimum Gasteiger partial charge on any atom is -0.368 e. The molecule has 0 aliphatic heterocycles. The zero-order valence-corrected chi connectivity index (χ0v) is 11.5. The maximum atomic E-state index is 11.5. The van der Waals surface area contributed by atoms with Gasteiger partial charge in [0.15, 0.2) is 0 Å². The van der Waals surface area contributed by atoms with Crippen molar-refractivity contribution in [2.45, 2.75) is 0 Å². The van der Waals surface area contributed by atoms with E-state index in [4.69, 9.17) is 5.73 Å². The zero-order chi connectivity index (χ0) is 12.3. The van der Waals surface area contributed by atoms with Crippen LogP contribution >= 0.6 is 22.6 Å². The first-order chi connectivity index (χ1) is 7.30. The van der Waals surface area contributed by atoms with Crippen LogP contribution in [0, 0.1) is 3.57 Å². The Morgan fingerprint density at radius 3 is 2.56 bits per heavy atom. The molecule has 2 N–H and O–H groups in total. The van der Waals surface area contributed by atoms with Gasteiger partial charge in [0.05, 0.1) is 11.9 Å². The second-order valence-electron chi connectivity index (χ2n) is 3.22. The first kappa shape index (κ1) is 13.2. The van der Waals surface area contributed by atoms with Crippen LogP contribution in [0.5, 0.6) is 0 Å². The Morgan fingerprint density at radius 1 is 1.50 bits per heavy atom. The number of halogens is 1. The molecule has 0 saturated heterocycles. The van der Waals surface area contributed by atoms with Crippen LogP contribution in [0.25, 0.3) is 0 Å². The van der Waals surface area contributed by atoms with Crippen molar-refractivity contribution in [1.82, 2.24) is 0 Å². The lowest BCUT2D eigenvalue weighted by Crippen LogP contribution is -2.37. The molecule has 0 saturated carbocycles. The third kappa shape index (κ3) is 3.63. The molecule has 0 aliphatic rings. The molecule has 1 aromatic carbocycles. The molecule has 0 radical (unpaired) electrons. The lowest BCUT2D eigenvalue weighted by molar-refractivity contribution is -0.116. The van der Waals surface area contributed by atoms with Gasteiger partial charge in [-0.05, 0) is 40.8 Å². The van der Waals surface area contributed by atoms with Crippen molar-refractivity contribution < 1.29 is 13.2 Å². The number of nitrogens with zero attached hydrogens (tertiary/aromatic N) is 1. The van der Waals surface area contributed by atoms with Crippen LogP contribution in [-0.2, 0) is 14.8 Å². The van der Waals surface area contributed by atoms with E-state index in [-0.39, 0.29) is 6.54 Å². The van der Waals surface area contributed by atoms with E-state index in [2.05, 4.69) is 22.6 Å². The fraction of sp³-hybridized carbons (Fsp3) is 0.222. The van der Waals surface area contributed by atoms with Gasteiger partial charge in [-0.2, -0.15) is 0 Å². The van der Waals surface area contributed by atoms with Gasteiger partial charge in [-0.15, -0.1) is 0 Å². The van der Waals surface area contributed by atoms with Gasteiger partial charge in [-0.3, -0.25) is 9.10 Å². The van der Waals surface area contributed by atoms with Gasteiger partial charge < -0.3 is 5.73 Å². The summed E-state index contributed by atoms with van der Waals surface area (Å²) in [4.78, 5) is 10.8. The molecule has 1 rings (SSSR count). The second-order valence-corrected chi connectivity index (χ2v) is 6.37. The highest BCUT2D eigenvalue weighted by atomic mass is 127. The Kier molecular flexibility index (Phi) is 4.14. The number of benzene rings is 1. The summed E-state index contributed by atoms with van der Waals surface area (Å²) in [5.74, 6) is -0.690. The lowest BCUT2D eigenvalue weighted by atomic mass is 10.3. The molecule has 88 valence electrons. The summed E-state index contributed by atoms with van der Waals surface area (Å²) < 4.78 is 24.9. The van der Waals surface area contributed by atoms with Crippen molar-refractivity contribution in [2.75, 3.05) is 17.1 Å². The minimum absolute atomic E-state index is 0.348. The number of amides is 1. The highest BCUT2D eigenvalue weighted by Crippen LogP contribution is 2.19. The molecule has 1 amide bonds. The smallest absolute Gasteiger partial charge is 0.238 e. The van der Waals surface area contributed by atoms with Gasteiger partial charge in [0.25, 0.3) is 0 Å². The van der Waals surface area contributed by atoms with Crippen molar-refractivity contribution >= 4 is 44.2 Å². The van der Waals surface area contributed by atoms with Crippen LogP contribution in [0.2, 0.25) is 0 Å². The van der Waals surface area contributed by atoms with Crippen molar-refractivity contribution in [2.24, 2.45) is 5.73 Å². The fourth-order valence-corrected chi connectivity index (χ4v) is 2.56. The van der Waals surface area contributed by atoms with E-state index in [1.807, 2.05) is 6.07 Å². The van der Waals surface area contributed by atoms with Gasteiger partial charge in [-0.25, -0.2) is 8.42 Å². The Balaban J connectivity index is 3.16. The predicted octanol–water partition coefficient (Wildman–Crippen LogP) is 0.543. The molecular formula is C9H11IN2O3S. The number of nitrogens with two attached hydrogens (primary N) is 1. The number of hydrogen-bond acceptors (Lipinski definition) is 3. The summed E-state index contributed by atoms with van der Waals surface area (Å²) in [6.07, 6.45) is 1.04. The van der Waals surface area contributed by atoms with E-state index < -0.39 is 15.9 Å². The molecule has 0 unspecified atom stereocenters. The molecule has 16 heavy (non-hydrogen) atoms. The SMILES string of the molecule is CS(=O)(=O)N(CC(N)=O)c1cccc(I)c1. The van der Waals surface area contributed by atoms with E-state index >= 15 is 0 Å². The molecule has 0 aromatic heterocycles. The summed E-state index contributed by atoms with van der Waals surface area (Å²) in [6.45, 7) is -0.348. The Bertz CT molecular complexity index is 501. The molecule has 0 bridgehead atoms. The Morgan fingerprint density at radius 2 is 2.12 bits per heavy atom. The van der Waals surface area contributed by atoms with Gasteiger partial charge in [0, 0.05) is 3.57 Å². The lowest BCUT2D eigenvalue weighted by Gasteiger charge is -2.20. The summed E-state index contributed by atoms with van der Waals surface area (Å²) >= 11 is 2.06. The average molecular weight is 354 g/mol. The maximum Gasteiger partial charge on any atom is 0.238 e. The van der Waals surface area contributed by atoms with Gasteiger partial charge >= 0.3 is 0 Å². The molecule has 0 fully saturated rings. The second kappa shape index (κ2) is 5.00.